The highest BCUT2D eigenvalue weighted by Gasteiger charge is 2.44. The van der Waals surface area contributed by atoms with Gasteiger partial charge in [-0.1, -0.05) is 256 Å². The first-order chi connectivity index (χ1) is 33.3. The van der Waals surface area contributed by atoms with E-state index in [1.807, 2.05) is 6.08 Å². The molecule has 1 rings (SSSR count). The molecule has 0 saturated carbocycles. The van der Waals surface area contributed by atoms with Gasteiger partial charge in [0.1, 0.15) is 30.5 Å². The van der Waals surface area contributed by atoms with Crippen molar-refractivity contribution in [2.24, 2.45) is 0 Å². The Bertz CT molecular complexity index is 1140. The Morgan fingerprint density at radius 1 is 0.500 bits per heavy atom. The number of allylic oxidation sites excluding steroid dienone is 3. The lowest BCUT2D eigenvalue weighted by atomic mass is 9.99. The molecule has 0 aromatic carbocycles. The van der Waals surface area contributed by atoms with E-state index in [9.17, 15) is 35.4 Å². The maximum atomic E-state index is 13.1. The molecule has 1 aliphatic heterocycles. The van der Waals surface area contributed by atoms with Crippen LogP contribution in [0.3, 0.4) is 0 Å². The van der Waals surface area contributed by atoms with E-state index in [-0.39, 0.29) is 6.61 Å². The van der Waals surface area contributed by atoms with E-state index in [4.69, 9.17) is 9.47 Å². The fourth-order valence-electron chi connectivity index (χ4n) is 9.40. The van der Waals surface area contributed by atoms with Crippen LogP contribution in [0, 0.1) is 0 Å². The van der Waals surface area contributed by atoms with Gasteiger partial charge >= 0.3 is 0 Å². The molecule has 1 heterocycles. The minimum absolute atomic E-state index is 0.303. The second-order valence-corrected chi connectivity index (χ2v) is 20.6. The van der Waals surface area contributed by atoms with Crippen molar-refractivity contribution in [1.29, 1.82) is 0 Å². The van der Waals surface area contributed by atoms with Gasteiger partial charge in [0, 0.05) is 0 Å². The lowest BCUT2D eigenvalue weighted by Gasteiger charge is -2.40. The molecule has 7 N–H and O–H groups in total. The number of carbonyl (C=O) groups is 1. The van der Waals surface area contributed by atoms with Gasteiger partial charge in [0.2, 0.25) is 5.91 Å². The number of rotatable bonds is 50. The van der Waals surface area contributed by atoms with Gasteiger partial charge in [-0.25, -0.2) is 0 Å². The van der Waals surface area contributed by atoms with Crippen LogP contribution >= 0.6 is 0 Å². The van der Waals surface area contributed by atoms with Crippen LogP contribution in [0.25, 0.3) is 0 Å². The summed E-state index contributed by atoms with van der Waals surface area (Å²) in [5, 5.41) is 64.9. The predicted octanol–water partition coefficient (Wildman–Crippen LogP) is 13.2. The van der Waals surface area contributed by atoms with E-state index in [2.05, 4.69) is 31.3 Å². The van der Waals surface area contributed by atoms with Crippen LogP contribution in [0.15, 0.2) is 24.3 Å². The molecule has 0 aliphatic carbocycles. The number of amides is 1. The highest BCUT2D eigenvalue weighted by atomic mass is 16.7. The van der Waals surface area contributed by atoms with Crippen LogP contribution in [0.5, 0.6) is 0 Å². The fraction of sp³-hybridized carbons (Fsp3) is 0.914. The van der Waals surface area contributed by atoms with Gasteiger partial charge < -0.3 is 45.4 Å². The summed E-state index contributed by atoms with van der Waals surface area (Å²) in [6.07, 6.45) is 50.1. The van der Waals surface area contributed by atoms with Crippen LogP contribution in [0.2, 0.25) is 0 Å². The van der Waals surface area contributed by atoms with Crippen LogP contribution in [0.4, 0.5) is 0 Å². The Morgan fingerprint density at radius 2 is 0.853 bits per heavy atom. The van der Waals surface area contributed by atoms with E-state index in [0.29, 0.717) is 6.42 Å². The minimum Gasteiger partial charge on any atom is -0.394 e. The molecular weight excluding hydrogens is 855 g/mol. The average molecular weight is 967 g/mol. The molecule has 1 saturated heterocycles. The highest BCUT2D eigenvalue weighted by Crippen LogP contribution is 2.23. The van der Waals surface area contributed by atoms with Crippen LogP contribution in [0.1, 0.15) is 277 Å². The lowest BCUT2D eigenvalue weighted by Crippen LogP contribution is -2.60. The monoisotopic (exact) mass is 966 g/mol. The van der Waals surface area contributed by atoms with Crippen molar-refractivity contribution in [2.75, 3.05) is 13.2 Å². The number of hydrogen-bond acceptors (Lipinski definition) is 9. The Balaban J connectivity index is 2.17. The third-order valence-corrected chi connectivity index (χ3v) is 14.1. The van der Waals surface area contributed by atoms with Gasteiger partial charge in [-0.2, -0.15) is 0 Å². The maximum absolute atomic E-state index is 13.1. The van der Waals surface area contributed by atoms with Crippen molar-refractivity contribution in [1.82, 2.24) is 5.32 Å². The van der Waals surface area contributed by atoms with Crippen LogP contribution < -0.4 is 5.32 Å². The second kappa shape index (κ2) is 47.9. The third kappa shape index (κ3) is 36.5. The van der Waals surface area contributed by atoms with E-state index < -0.39 is 61.5 Å². The molecule has 10 nitrogen and oxygen atoms in total. The van der Waals surface area contributed by atoms with Crippen molar-refractivity contribution in [2.45, 2.75) is 326 Å². The standard InChI is InChI=1S/C58H111NO9/c1-3-5-7-9-11-13-15-17-18-19-20-21-22-23-24-25-26-27-28-29-30-31-32-33-35-37-39-41-43-45-47-52(62)57(66)59-50(49-67-58-56(65)55(64)54(63)53(48-60)68-58)51(61)46-44-42-40-38-36-34-16-14-12-10-8-6-4-2/h23-24,44,46,50-56,58,60-65H,3-22,25-43,45,47-49H2,1-2H3,(H,59,66)/b24-23-,46-44+. The van der Waals surface area contributed by atoms with Crippen molar-refractivity contribution in [3.05, 3.63) is 24.3 Å². The van der Waals surface area contributed by atoms with Crippen LogP contribution in [-0.4, -0.2) is 98.7 Å². The zero-order valence-electron chi connectivity index (χ0n) is 44.2. The predicted molar refractivity (Wildman–Crippen MR) is 283 cm³/mol. The van der Waals surface area contributed by atoms with E-state index in [1.54, 1.807) is 6.08 Å². The molecule has 8 unspecified atom stereocenters. The molecule has 68 heavy (non-hydrogen) atoms. The quantitative estimate of drug-likeness (QED) is 0.0232. The Labute approximate surface area is 418 Å². The van der Waals surface area contributed by atoms with Crippen molar-refractivity contribution >= 4 is 5.91 Å². The summed E-state index contributed by atoms with van der Waals surface area (Å²) in [7, 11) is 0. The first-order valence-corrected chi connectivity index (χ1v) is 29.2. The molecule has 1 fully saturated rings. The maximum Gasteiger partial charge on any atom is 0.249 e. The first kappa shape index (κ1) is 64.6. The van der Waals surface area contributed by atoms with E-state index >= 15 is 0 Å². The zero-order valence-corrected chi connectivity index (χ0v) is 44.2. The Morgan fingerprint density at radius 3 is 1.24 bits per heavy atom. The van der Waals surface area contributed by atoms with Crippen molar-refractivity contribution in [3.63, 3.8) is 0 Å². The molecule has 0 bridgehead atoms. The molecule has 1 aliphatic rings. The molecule has 1 amide bonds. The zero-order chi connectivity index (χ0) is 49.6. The number of nitrogens with one attached hydrogen (secondary N) is 1. The molecule has 0 aromatic rings. The summed E-state index contributed by atoms with van der Waals surface area (Å²) in [6, 6.07) is -0.978. The van der Waals surface area contributed by atoms with Gasteiger partial charge in [-0.05, 0) is 44.9 Å². The minimum atomic E-state index is -1.61. The Hall–Kier alpha value is -1.37. The average Bonchev–Trinajstić information content (AvgIpc) is 3.34. The van der Waals surface area contributed by atoms with Gasteiger partial charge in [-0.3, -0.25) is 4.79 Å². The summed E-state index contributed by atoms with van der Waals surface area (Å²) < 4.78 is 11.2. The lowest BCUT2D eigenvalue weighted by molar-refractivity contribution is -0.302. The first-order valence-electron chi connectivity index (χ1n) is 29.2. The number of hydrogen-bond donors (Lipinski definition) is 7. The summed E-state index contributed by atoms with van der Waals surface area (Å²) >= 11 is 0. The van der Waals surface area contributed by atoms with E-state index in [0.717, 1.165) is 44.9 Å². The van der Waals surface area contributed by atoms with Gasteiger partial charge in [0.25, 0.3) is 0 Å². The largest absolute Gasteiger partial charge is 0.394 e. The van der Waals surface area contributed by atoms with E-state index in [1.165, 1.54) is 212 Å². The molecule has 0 aromatic heterocycles. The molecule has 0 radical (unpaired) electrons. The topological polar surface area (TPSA) is 169 Å². The smallest absolute Gasteiger partial charge is 0.249 e. The van der Waals surface area contributed by atoms with Gasteiger partial charge in [-0.15, -0.1) is 0 Å². The summed E-state index contributed by atoms with van der Waals surface area (Å²) in [5.41, 5.74) is 0. The Kier molecular flexibility index (Phi) is 45.6. The molecule has 10 heteroatoms. The normalized spacial score (nSPS) is 20.1. The molecule has 8 atom stereocenters. The number of carbonyl (C=O) groups excluding carboxylic acids is 1. The SMILES string of the molecule is CCCCCCCCCCCCC/C=C/C(O)C(COC1OC(CO)C(O)C(O)C1O)NC(=O)C(O)CCCCCCCCCCCCCCCC/C=C\CCCCCCCCCCCCCC. The van der Waals surface area contributed by atoms with Crippen LogP contribution in [-0.2, 0) is 14.3 Å². The molecule has 402 valence electrons. The highest BCUT2D eigenvalue weighted by molar-refractivity contribution is 5.80. The summed E-state index contributed by atoms with van der Waals surface area (Å²) in [5.74, 6) is -0.613. The third-order valence-electron chi connectivity index (χ3n) is 14.1. The fourth-order valence-corrected chi connectivity index (χ4v) is 9.40. The van der Waals surface area contributed by atoms with Gasteiger partial charge in [0.15, 0.2) is 6.29 Å². The number of unbranched alkanes of at least 4 members (excludes halogenated alkanes) is 37. The van der Waals surface area contributed by atoms with Crippen molar-refractivity contribution in [3.8, 4) is 0 Å². The number of ether oxygens (including phenoxy) is 2. The van der Waals surface area contributed by atoms with Crippen molar-refractivity contribution < 1.29 is 44.9 Å². The number of aliphatic hydroxyl groups excluding tert-OH is 6. The van der Waals surface area contributed by atoms with Gasteiger partial charge in [0.05, 0.1) is 25.4 Å². The summed E-state index contributed by atoms with van der Waals surface area (Å²) in [6.45, 7) is 3.63. The molecular formula is C58H111NO9. The number of aliphatic hydroxyl groups is 6. The summed E-state index contributed by atoms with van der Waals surface area (Å²) in [4.78, 5) is 13.1. The molecule has 0 spiro atoms. The second-order valence-electron chi connectivity index (χ2n) is 20.6.